The zero-order valence-electron chi connectivity index (χ0n) is 17.5. The van der Waals surface area contributed by atoms with Crippen LogP contribution in [0.5, 0.6) is 17.2 Å². The number of methoxy groups -OCH3 is 2. The second-order valence-corrected chi connectivity index (χ2v) is 7.20. The summed E-state index contributed by atoms with van der Waals surface area (Å²) < 4.78 is 27.4. The third kappa shape index (κ3) is 4.41. The highest BCUT2D eigenvalue weighted by molar-refractivity contribution is 5.49. The van der Waals surface area contributed by atoms with Gasteiger partial charge in [0.1, 0.15) is 17.2 Å². The fourth-order valence-corrected chi connectivity index (χ4v) is 4.12. The van der Waals surface area contributed by atoms with Gasteiger partial charge in [-0.3, -0.25) is 0 Å². The van der Waals surface area contributed by atoms with Crippen LogP contribution in [0.1, 0.15) is 36.8 Å². The number of hydrogen-bond acceptors (Lipinski definition) is 5. The van der Waals surface area contributed by atoms with E-state index in [0.29, 0.717) is 6.61 Å². The first kappa shape index (κ1) is 21.2. The predicted octanol–water partition coefficient (Wildman–Crippen LogP) is 5.05. The van der Waals surface area contributed by atoms with Gasteiger partial charge in [-0.05, 0) is 42.2 Å². The van der Waals surface area contributed by atoms with E-state index in [2.05, 4.69) is 31.7 Å². The largest absolute Gasteiger partial charge is 0.492 e. The summed E-state index contributed by atoms with van der Waals surface area (Å²) >= 11 is 0. The fourth-order valence-electron chi connectivity index (χ4n) is 4.12. The first-order valence-corrected chi connectivity index (χ1v) is 9.90. The van der Waals surface area contributed by atoms with E-state index >= 15 is 0 Å². The Morgan fingerprint density at radius 3 is 2.31 bits per heavy atom. The van der Waals surface area contributed by atoms with Crippen LogP contribution in [0.4, 0.5) is 0 Å². The molecule has 0 aromatic heterocycles. The molecule has 2 unspecified atom stereocenters. The summed E-state index contributed by atoms with van der Waals surface area (Å²) in [6.45, 7) is 7.28. The molecule has 2 aromatic rings. The van der Waals surface area contributed by atoms with Crippen LogP contribution in [0.3, 0.4) is 0 Å². The van der Waals surface area contributed by atoms with E-state index < -0.39 is 0 Å². The van der Waals surface area contributed by atoms with Crippen molar-refractivity contribution in [3.05, 3.63) is 66.2 Å². The molecular formula is C24H30O5. The maximum Gasteiger partial charge on any atom is 0.188 e. The average Bonchev–Trinajstić information content (AvgIpc) is 2.77. The highest BCUT2D eigenvalue weighted by Crippen LogP contribution is 2.51. The molecule has 1 heterocycles. The molecule has 156 valence electrons. The molecule has 0 spiro atoms. The molecule has 5 nitrogen and oxygen atoms in total. The van der Waals surface area contributed by atoms with Gasteiger partial charge in [-0.1, -0.05) is 31.2 Å². The number of rotatable bonds is 10. The van der Waals surface area contributed by atoms with Crippen LogP contribution in [-0.4, -0.2) is 34.4 Å². The van der Waals surface area contributed by atoms with Gasteiger partial charge < -0.3 is 23.7 Å². The zero-order chi connectivity index (χ0) is 20.7. The van der Waals surface area contributed by atoms with Crippen LogP contribution >= 0.6 is 0 Å². The topological polar surface area (TPSA) is 46.2 Å². The van der Waals surface area contributed by atoms with Gasteiger partial charge in [-0.15, -0.1) is 6.58 Å². The summed E-state index contributed by atoms with van der Waals surface area (Å²) in [6.07, 6.45) is 3.81. The minimum Gasteiger partial charge on any atom is -0.492 e. The lowest BCUT2D eigenvalue weighted by Crippen LogP contribution is -2.42. The molecule has 0 saturated heterocycles. The SMILES string of the molecule is C=CCC1c2ccc(OCOC)cc2OCC1(CC)c1ccc(OCOC)cc1. The van der Waals surface area contributed by atoms with E-state index in [1.54, 1.807) is 14.2 Å². The number of allylic oxidation sites excluding steroid dienone is 1. The summed E-state index contributed by atoms with van der Waals surface area (Å²) in [4.78, 5) is 0. The van der Waals surface area contributed by atoms with Crippen molar-refractivity contribution < 1.29 is 23.7 Å². The Hall–Kier alpha value is -2.50. The third-order valence-electron chi connectivity index (χ3n) is 5.66. The standard InChI is InChI=1S/C24H30O5/c1-5-7-22-21-13-12-20(29-17-26-4)14-23(21)27-15-24(22,6-2)18-8-10-19(11-9-18)28-16-25-3/h5,8-14,22H,1,6-7,15-17H2,2-4H3. The lowest BCUT2D eigenvalue weighted by Gasteiger charge is -2.44. The Kier molecular flexibility index (Phi) is 7.18. The summed E-state index contributed by atoms with van der Waals surface area (Å²) in [7, 11) is 3.22. The van der Waals surface area contributed by atoms with Crippen molar-refractivity contribution in [2.24, 2.45) is 0 Å². The number of ether oxygens (including phenoxy) is 5. The Morgan fingerprint density at radius 1 is 1.03 bits per heavy atom. The fraction of sp³-hybridized carbons (Fsp3) is 0.417. The molecule has 0 N–H and O–H groups in total. The van der Waals surface area contributed by atoms with Crippen molar-refractivity contribution in [2.75, 3.05) is 34.4 Å². The van der Waals surface area contributed by atoms with Gasteiger partial charge in [0.25, 0.3) is 0 Å². The normalized spacial score (nSPS) is 20.4. The minimum atomic E-state index is -0.143. The Labute approximate surface area is 173 Å². The maximum absolute atomic E-state index is 6.27. The van der Waals surface area contributed by atoms with Crippen LogP contribution in [-0.2, 0) is 14.9 Å². The smallest absolute Gasteiger partial charge is 0.188 e. The van der Waals surface area contributed by atoms with Crippen molar-refractivity contribution in [3.8, 4) is 17.2 Å². The second kappa shape index (κ2) is 9.81. The molecule has 29 heavy (non-hydrogen) atoms. The molecule has 2 atom stereocenters. The molecule has 0 saturated carbocycles. The highest BCUT2D eigenvalue weighted by atomic mass is 16.7. The maximum atomic E-state index is 6.27. The number of benzene rings is 2. The van der Waals surface area contributed by atoms with Crippen molar-refractivity contribution in [2.45, 2.75) is 31.1 Å². The third-order valence-corrected chi connectivity index (χ3v) is 5.66. The number of fused-ring (bicyclic) bond motifs is 1. The molecule has 1 aliphatic rings. The molecule has 0 fully saturated rings. The summed E-state index contributed by atoms with van der Waals surface area (Å²) in [5.41, 5.74) is 2.28. The van der Waals surface area contributed by atoms with E-state index in [9.17, 15) is 0 Å². The van der Waals surface area contributed by atoms with E-state index in [0.717, 1.165) is 30.1 Å². The lowest BCUT2D eigenvalue weighted by atomic mass is 9.64. The van der Waals surface area contributed by atoms with E-state index in [-0.39, 0.29) is 24.9 Å². The Morgan fingerprint density at radius 2 is 1.69 bits per heavy atom. The van der Waals surface area contributed by atoms with Gasteiger partial charge in [0, 0.05) is 31.6 Å². The Bertz CT molecular complexity index is 801. The minimum absolute atomic E-state index is 0.143. The molecule has 1 aliphatic heterocycles. The van der Waals surface area contributed by atoms with Gasteiger partial charge in [0.2, 0.25) is 0 Å². The van der Waals surface area contributed by atoms with Crippen LogP contribution in [0, 0.1) is 0 Å². The van der Waals surface area contributed by atoms with Crippen molar-refractivity contribution >= 4 is 0 Å². The predicted molar refractivity (Wildman–Crippen MR) is 113 cm³/mol. The van der Waals surface area contributed by atoms with Gasteiger partial charge in [-0.2, -0.15) is 0 Å². The van der Waals surface area contributed by atoms with Crippen molar-refractivity contribution in [3.63, 3.8) is 0 Å². The molecule has 2 aromatic carbocycles. The van der Waals surface area contributed by atoms with Crippen LogP contribution in [0.2, 0.25) is 0 Å². The van der Waals surface area contributed by atoms with Gasteiger partial charge >= 0.3 is 0 Å². The molecule has 0 aliphatic carbocycles. The molecule has 0 amide bonds. The molecule has 3 rings (SSSR count). The van der Waals surface area contributed by atoms with Gasteiger partial charge in [-0.25, -0.2) is 0 Å². The molecule has 0 radical (unpaired) electrons. The first-order valence-electron chi connectivity index (χ1n) is 9.90. The van der Waals surface area contributed by atoms with Crippen molar-refractivity contribution in [1.82, 2.24) is 0 Å². The summed E-state index contributed by atoms with van der Waals surface area (Å²) in [6, 6.07) is 14.3. The van der Waals surface area contributed by atoms with E-state index in [1.165, 1.54) is 11.1 Å². The second-order valence-electron chi connectivity index (χ2n) is 7.20. The van der Waals surface area contributed by atoms with Crippen LogP contribution < -0.4 is 14.2 Å². The van der Waals surface area contributed by atoms with Crippen LogP contribution in [0.15, 0.2) is 55.1 Å². The molecular weight excluding hydrogens is 368 g/mol. The van der Waals surface area contributed by atoms with Crippen molar-refractivity contribution in [1.29, 1.82) is 0 Å². The summed E-state index contributed by atoms with van der Waals surface area (Å²) in [5.74, 6) is 2.66. The first-order chi connectivity index (χ1) is 14.2. The number of hydrogen-bond donors (Lipinski definition) is 0. The zero-order valence-corrected chi connectivity index (χ0v) is 17.5. The quantitative estimate of drug-likeness (QED) is 0.414. The average molecular weight is 398 g/mol. The molecule has 5 heteroatoms. The van der Waals surface area contributed by atoms with Gasteiger partial charge in [0.15, 0.2) is 13.6 Å². The molecule has 0 bridgehead atoms. The Balaban J connectivity index is 1.95. The van der Waals surface area contributed by atoms with Crippen LogP contribution in [0.25, 0.3) is 0 Å². The monoisotopic (exact) mass is 398 g/mol. The summed E-state index contributed by atoms with van der Waals surface area (Å²) in [5, 5.41) is 0. The highest BCUT2D eigenvalue weighted by Gasteiger charge is 2.44. The van der Waals surface area contributed by atoms with E-state index in [4.69, 9.17) is 23.7 Å². The van der Waals surface area contributed by atoms with Gasteiger partial charge in [0.05, 0.1) is 6.61 Å². The lowest BCUT2D eigenvalue weighted by molar-refractivity contribution is 0.0504. The van der Waals surface area contributed by atoms with E-state index in [1.807, 2.05) is 30.3 Å².